The summed E-state index contributed by atoms with van der Waals surface area (Å²) in [5.41, 5.74) is 1.22. The number of benzene rings is 4. The highest BCUT2D eigenvalue weighted by atomic mass is 35.5. The minimum atomic E-state index is -0.123. The van der Waals surface area contributed by atoms with Crippen LogP contribution < -0.4 is 10.6 Å². The zero-order valence-corrected chi connectivity index (χ0v) is 25.5. The monoisotopic (exact) mass is 652 g/mol. The molecule has 0 heterocycles. The Morgan fingerprint density at radius 3 is 1.23 bits per heavy atom. The van der Waals surface area contributed by atoms with Gasteiger partial charge >= 0.3 is 0 Å². The number of hydrogen-bond acceptors (Lipinski definition) is 5. The average molecular weight is 654 g/mol. The second-order valence-electron chi connectivity index (χ2n) is 7.98. The van der Waals surface area contributed by atoms with E-state index < -0.39 is 0 Å². The first-order chi connectivity index (χ1) is 18.7. The molecule has 2 amide bonds. The summed E-state index contributed by atoms with van der Waals surface area (Å²) in [6.07, 6.45) is 0. The Morgan fingerprint density at radius 1 is 0.513 bits per heavy atom. The summed E-state index contributed by atoms with van der Waals surface area (Å²) in [5, 5.41) is 7.31. The molecule has 0 aromatic heterocycles. The summed E-state index contributed by atoms with van der Waals surface area (Å²) >= 11 is 28.4. The van der Waals surface area contributed by atoms with E-state index in [1.165, 1.54) is 23.5 Å². The van der Waals surface area contributed by atoms with Crippen LogP contribution in [0.2, 0.25) is 20.1 Å². The molecule has 0 aliphatic carbocycles. The first-order valence-electron chi connectivity index (χ1n) is 11.4. The van der Waals surface area contributed by atoms with Gasteiger partial charge in [0.1, 0.15) is 0 Å². The molecule has 0 bridgehead atoms. The molecule has 0 radical (unpaired) electrons. The Kier molecular flexibility index (Phi) is 11.2. The molecular weight excluding hydrogens is 634 g/mol. The summed E-state index contributed by atoms with van der Waals surface area (Å²) in [7, 11) is 0. The molecule has 0 aliphatic rings. The van der Waals surface area contributed by atoms with Gasteiger partial charge < -0.3 is 10.6 Å². The molecule has 2 N–H and O–H groups in total. The fraction of sp³-hybridized carbons (Fsp3) is 0.0714. The van der Waals surface area contributed by atoms with E-state index in [2.05, 4.69) is 10.6 Å². The lowest BCUT2D eigenvalue weighted by Gasteiger charge is -2.08. The molecule has 4 aromatic rings. The van der Waals surface area contributed by atoms with Gasteiger partial charge in [-0.3, -0.25) is 9.59 Å². The molecule has 4 nitrogen and oxygen atoms in total. The highest BCUT2D eigenvalue weighted by Gasteiger charge is 2.08. The number of carbonyl (C=O) groups excluding carboxylic acids is 2. The third-order valence-corrected chi connectivity index (χ3v) is 9.55. The maximum Gasteiger partial charge on any atom is 0.234 e. The van der Waals surface area contributed by atoms with Crippen LogP contribution in [0.4, 0.5) is 11.4 Å². The van der Waals surface area contributed by atoms with Crippen molar-refractivity contribution in [2.45, 2.75) is 19.6 Å². The Hall–Kier alpha value is -1.97. The summed E-state index contributed by atoms with van der Waals surface area (Å²) in [6.45, 7) is 0. The van der Waals surface area contributed by atoms with Crippen LogP contribution in [-0.2, 0) is 9.59 Å². The van der Waals surface area contributed by atoms with Crippen molar-refractivity contribution in [2.24, 2.45) is 0 Å². The maximum absolute atomic E-state index is 12.3. The van der Waals surface area contributed by atoms with Crippen molar-refractivity contribution < 1.29 is 9.59 Å². The minimum absolute atomic E-state index is 0.123. The number of rotatable bonds is 10. The van der Waals surface area contributed by atoms with Crippen molar-refractivity contribution in [2.75, 3.05) is 22.1 Å². The lowest BCUT2D eigenvalue weighted by molar-refractivity contribution is -0.114. The molecule has 11 heteroatoms. The van der Waals surface area contributed by atoms with Crippen molar-refractivity contribution in [3.8, 4) is 0 Å². The van der Waals surface area contributed by atoms with Crippen LogP contribution >= 0.6 is 81.7 Å². The van der Waals surface area contributed by atoms with E-state index in [-0.39, 0.29) is 23.3 Å². The van der Waals surface area contributed by atoms with E-state index in [9.17, 15) is 9.59 Å². The van der Waals surface area contributed by atoms with Gasteiger partial charge in [0.15, 0.2) is 0 Å². The predicted octanol–water partition coefficient (Wildman–Crippen LogP) is 9.91. The number of halogens is 4. The van der Waals surface area contributed by atoms with Crippen LogP contribution in [0.3, 0.4) is 0 Å². The molecule has 0 aliphatic heterocycles. The second kappa shape index (κ2) is 14.6. The molecule has 4 rings (SSSR count). The largest absolute Gasteiger partial charge is 0.325 e. The van der Waals surface area contributed by atoms with E-state index >= 15 is 0 Å². The highest BCUT2D eigenvalue weighted by Crippen LogP contribution is 2.32. The minimum Gasteiger partial charge on any atom is -0.325 e. The molecule has 0 saturated carbocycles. The van der Waals surface area contributed by atoms with E-state index in [4.69, 9.17) is 46.4 Å². The van der Waals surface area contributed by atoms with E-state index in [1.807, 2.05) is 48.5 Å². The molecule has 39 heavy (non-hydrogen) atoms. The molecule has 200 valence electrons. The number of thioether (sulfide) groups is 2. The number of amides is 2. The lowest BCUT2D eigenvalue weighted by atomic mass is 10.3. The second-order valence-corrected chi connectivity index (χ2v) is 12.8. The van der Waals surface area contributed by atoms with Crippen LogP contribution in [-0.4, -0.2) is 23.3 Å². The van der Waals surface area contributed by atoms with E-state index in [0.29, 0.717) is 31.5 Å². The molecule has 0 fully saturated rings. The summed E-state index contributed by atoms with van der Waals surface area (Å²) in [5.74, 6) is 0.303. The number of nitrogens with one attached hydrogen (secondary N) is 2. The van der Waals surface area contributed by atoms with Gasteiger partial charge in [-0.05, 0) is 84.9 Å². The Balaban J connectivity index is 1.21. The molecule has 0 saturated heterocycles. The summed E-state index contributed by atoms with van der Waals surface area (Å²) < 4.78 is 0. The van der Waals surface area contributed by atoms with Crippen LogP contribution in [0.5, 0.6) is 0 Å². The van der Waals surface area contributed by atoms with Crippen LogP contribution in [0, 0.1) is 0 Å². The smallest absolute Gasteiger partial charge is 0.234 e. The Bertz CT molecular complexity index is 1360. The average Bonchev–Trinajstić information content (AvgIpc) is 2.92. The first-order valence-corrected chi connectivity index (χ1v) is 15.7. The topological polar surface area (TPSA) is 58.2 Å². The van der Waals surface area contributed by atoms with Crippen molar-refractivity contribution in [3.63, 3.8) is 0 Å². The van der Waals surface area contributed by atoms with Gasteiger partial charge in [-0.2, -0.15) is 0 Å². The SMILES string of the molecule is O=C(CSc1ccc(Sc2ccc(SCC(=O)Nc3ccc(Cl)c(Cl)c3)cc2)cc1)Nc1ccc(Cl)c(Cl)c1. The van der Waals surface area contributed by atoms with E-state index in [1.54, 1.807) is 48.2 Å². The predicted molar refractivity (Wildman–Crippen MR) is 169 cm³/mol. The standard InChI is InChI=1S/C28H20Cl4N2O2S3/c29-23-11-1-17(13-25(23)31)33-27(35)15-37-19-3-7-21(8-4-19)39-22-9-5-20(6-10-22)38-16-28(36)34-18-2-12-24(30)26(32)14-18/h1-14H,15-16H2,(H,33,35)(H,34,36). The van der Waals surface area contributed by atoms with Gasteiger partial charge in [-0.1, -0.05) is 58.2 Å². The van der Waals surface area contributed by atoms with E-state index in [0.717, 1.165) is 19.6 Å². The van der Waals surface area contributed by atoms with Crippen molar-refractivity contribution in [1.29, 1.82) is 0 Å². The summed E-state index contributed by atoms with van der Waals surface area (Å²) in [6, 6.07) is 26.1. The molecular formula is C28H20Cl4N2O2S3. The van der Waals surface area contributed by atoms with Gasteiger partial charge in [0.25, 0.3) is 0 Å². The Morgan fingerprint density at radius 2 is 0.872 bits per heavy atom. The van der Waals surface area contributed by atoms with Gasteiger partial charge in [-0.15, -0.1) is 23.5 Å². The van der Waals surface area contributed by atoms with Crippen LogP contribution in [0.1, 0.15) is 0 Å². The van der Waals surface area contributed by atoms with Crippen molar-refractivity contribution in [3.05, 3.63) is 105 Å². The van der Waals surface area contributed by atoms with Gasteiger partial charge in [-0.25, -0.2) is 0 Å². The molecule has 0 unspecified atom stereocenters. The molecule has 4 aromatic carbocycles. The number of carbonyl (C=O) groups is 2. The van der Waals surface area contributed by atoms with Gasteiger partial charge in [0.05, 0.1) is 31.6 Å². The maximum atomic E-state index is 12.3. The van der Waals surface area contributed by atoms with Gasteiger partial charge in [0.2, 0.25) is 11.8 Å². The number of anilines is 2. The highest BCUT2D eigenvalue weighted by molar-refractivity contribution is 8.00. The molecule has 0 atom stereocenters. The fourth-order valence-corrected chi connectivity index (χ4v) is 5.99. The van der Waals surface area contributed by atoms with Crippen molar-refractivity contribution in [1.82, 2.24) is 0 Å². The quantitative estimate of drug-likeness (QED) is 0.167. The normalized spacial score (nSPS) is 10.8. The molecule has 0 spiro atoms. The van der Waals surface area contributed by atoms with Gasteiger partial charge in [0, 0.05) is 31.0 Å². The lowest BCUT2D eigenvalue weighted by Crippen LogP contribution is -2.13. The van der Waals surface area contributed by atoms with Crippen molar-refractivity contribution >= 4 is 105 Å². The summed E-state index contributed by atoms with van der Waals surface area (Å²) in [4.78, 5) is 28.7. The Labute approximate surface area is 259 Å². The number of hydrogen-bond donors (Lipinski definition) is 2. The third-order valence-electron chi connectivity index (χ3n) is 5.03. The fourth-order valence-electron chi connectivity index (χ4n) is 3.18. The third kappa shape index (κ3) is 9.57. The van der Waals surface area contributed by atoms with Crippen LogP contribution in [0.25, 0.3) is 0 Å². The zero-order chi connectivity index (χ0) is 27.8. The first kappa shape index (κ1) is 30.0. The van der Waals surface area contributed by atoms with Crippen LogP contribution in [0.15, 0.2) is 105 Å². The zero-order valence-electron chi connectivity index (χ0n) is 20.1.